The predicted molar refractivity (Wildman–Crippen MR) is 125 cm³/mol. The van der Waals surface area contributed by atoms with Crippen LogP contribution in [0, 0.1) is 5.92 Å². The van der Waals surface area contributed by atoms with Crippen LogP contribution < -0.4 is 11.1 Å². The molecule has 2 aromatic rings. The van der Waals surface area contributed by atoms with Gasteiger partial charge in [-0.2, -0.15) is 13.2 Å². The van der Waals surface area contributed by atoms with Crippen LogP contribution >= 0.6 is 0 Å². The van der Waals surface area contributed by atoms with Crippen molar-refractivity contribution in [3.8, 4) is 0 Å². The third-order valence-corrected chi connectivity index (χ3v) is 6.31. The summed E-state index contributed by atoms with van der Waals surface area (Å²) in [5, 5.41) is 4.36. The van der Waals surface area contributed by atoms with E-state index in [1.807, 2.05) is 31.2 Å². The predicted octanol–water partition coefficient (Wildman–Crippen LogP) is 5.06. The molecule has 2 aliphatic heterocycles. The number of amidine groups is 1. The number of allylic oxidation sites excluding steroid dienone is 2. The molecule has 0 aromatic heterocycles. The Hall–Kier alpha value is -3.29. The lowest BCUT2D eigenvalue weighted by Gasteiger charge is -2.33. The number of nitrogens with one attached hydrogen (secondary N) is 1. The number of aliphatic imine (C=N–C) groups is 1. The van der Waals surface area contributed by atoms with Crippen molar-refractivity contribution in [2.75, 3.05) is 25.9 Å². The number of benzene rings is 2. The quantitative estimate of drug-likeness (QED) is 0.635. The Kier molecular flexibility index (Phi) is 6.19. The average molecular weight is 457 g/mol. The van der Waals surface area contributed by atoms with Gasteiger partial charge >= 0.3 is 6.18 Å². The van der Waals surface area contributed by atoms with Gasteiger partial charge in [-0.05, 0) is 53.7 Å². The second-order valence-corrected chi connectivity index (χ2v) is 8.36. The number of hydrogen-bond donors (Lipinski definition) is 2. The number of carbonyl (C=O) groups excluding carboxylic acids is 1. The van der Waals surface area contributed by atoms with Crippen LogP contribution in [-0.2, 0) is 0 Å². The molecule has 4 rings (SSSR count). The normalized spacial score (nSPS) is 20.2. The molecule has 1 fully saturated rings. The third-order valence-electron chi connectivity index (χ3n) is 6.31. The highest BCUT2D eigenvalue weighted by molar-refractivity contribution is 6.07. The van der Waals surface area contributed by atoms with E-state index in [1.165, 1.54) is 7.05 Å². The van der Waals surface area contributed by atoms with Crippen LogP contribution in [0.15, 0.2) is 64.3 Å². The van der Waals surface area contributed by atoms with E-state index >= 15 is 0 Å². The molecule has 0 spiro atoms. The topological polar surface area (TPSA) is 70.7 Å². The molecule has 2 aromatic carbocycles. The summed E-state index contributed by atoms with van der Waals surface area (Å²) in [5.74, 6) is -0.253. The number of piperidine rings is 1. The number of anilines is 1. The fourth-order valence-electron chi connectivity index (χ4n) is 4.73. The minimum absolute atomic E-state index is 0.189. The molecular formula is C25H27F3N4O. The maximum Gasteiger partial charge on any atom is 0.431 e. The van der Waals surface area contributed by atoms with E-state index in [-0.39, 0.29) is 23.2 Å². The van der Waals surface area contributed by atoms with Gasteiger partial charge in [-0.15, -0.1) is 0 Å². The van der Waals surface area contributed by atoms with Gasteiger partial charge in [0.05, 0.1) is 5.56 Å². The van der Waals surface area contributed by atoms with Crippen LogP contribution in [0.5, 0.6) is 0 Å². The molecule has 5 nitrogen and oxygen atoms in total. The number of amides is 1. The molecule has 0 unspecified atom stereocenters. The zero-order valence-corrected chi connectivity index (χ0v) is 18.7. The number of nitrogens with zero attached hydrogens (tertiary/aromatic N) is 2. The van der Waals surface area contributed by atoms with Crippen molar-refractivity contribution in [3.63, 3.8) is 0 Å². The van der Waals surface area contributed by atoms with E-state index in [4.69, 9.17) is 5.73 Å². The molecule has 8 heteroatoms. The standard InChI is InChI=1S/C25H27F3N4O/c1-3-6-18-21(22(25(26,27)28)31-23(18)30-2)15-9-11-32(12-10-15)24(33)19-13-16-7-4-5-8-17(16)14-20(19)29/h4-8,13-15H,3,9-12,29H2,1-2H3,(H,30,31)/b18-6-. The Morgan fingerprint density at radius 1 is 1.21 bits per heavy atom. The first-order chi connectivity index (χ1) is 15.7. The van der Waals surface area contributed by atoms with Gasteiger partial charge in [-0.25, -0.2) is 0 Å². The molecular weight excluding hydrogens is 429 g/mol. The second-order valence-electron chi connectivity index (χ2n) is 8.36. The van der Waals surface area contributed by atoms with E-state index in [2.05, 4.69) is 10.3 Å². The zero-order chi connectivity index (χ0) is 23.8. The van der Waals surface area contributed by atoms with Crippen LogP contribution in [0.1, 0.15) is 36.5 Å². The molecule has 33 heavy (non-hydrogen) atoms. The molecule has 0 atom stereocenters. The number of hydrogen-bond acceptors (Lipinski definition) is 3. The van der Waals surface area contributed by atoms with E-state index in [1.54, 1.807) is 23.1 Å². The number of likely N-dealkylation sites (tertiary alicyclic amines) is 1. The summed E-state index contributed by atoms with van der Waals surface area (Å²) in [7, 11) is 1.48. The molecule has 0 radical (unpaired) electrons. The number of nitrogen functional groups attached to an aromatic ring is 1. The third kappa shape index (κ3) is 4.34. The molecule has 0 saturated carbocycles. The van der Waals surface area contributed by atoms with Gasteiger partial charge in [0.2, 0.25) is 0 Å². The Bertz CT molecular complexity index is 1170. The minimum Gasteiger partial charge on any atom is -0.398 e. The molecule has 3 N–H and O–H groups in total. The molecule has 1 saturated heterocycles. The van der Waals surface area contributed by atoms with E-state index < -0.39 is 11.9 Å². The molecule has 2 heterocycles. The van der Waals surface area contributed by atoms with Crippen molar-refractivity contribution >= 4 is 28.2 Å². The van der Waals surface area contributed by atoms with Crippen molar-refractivity contribution in [2.24, 2.45) is 10.9 Å². The summed E-state index contributed by atoms with van der Waals surface area (Å²) < 4.78 is 41.4. The number of halogens is 3. The molecule has 0 aliphatic carbocycles. The summed E-state index contributed by atoms with van der Waals surface area (Å²) in [6.45, 7) is 2.61. The van der Waals surface area contributed by atoms with Gasteiger partial charge < -0.3 is 16.0 Å². The lowest BCUT2D eigenvalue weighted by atomic mass is 9.84. The number of fused-ring (bicyclic) bond motifs is 1. The summed E-state index contributed by atoms with van der Waals surface area (Å²) in [6, 6.07) is 11.2. The minimum atomic E-state index is -4.50. The molecule has 2 aliphatic rings. The zero-order valence-electron chi connectivity index (χ0n) is 18.7. The van der Waals surface area contributed by atoms with Crippen LogP contribution in [0.3, 0.4) is 0 Å². The molecule has 0 bridgehead atoms. The van der Waals surface area contributed by atoms with Gasteiger partial charge in [-0.1, -0.05) is 37.3 Å². The van der Waals surface area contributed by atoms with E-state index in [0.717, 1.165) is 10.8 Å². The Labute approximate surface area is 190 Å². The van der Waals surface area contributed by atoms with Gasteiger partial charge in [-0.3, -0.25) is 9.79 Å². The summed E-state index contributed by atoms with van der Waals surface area (Å²) in [5.41, 5.74) is 7.05. The highest BCUT2D eigenvalue weighted by Gasteiger charge is 2.45. The van der Waals surface area contributed by atoms with Crippen molar-refractivity contribution in [1.29, 1.82) is 0 Å². The fourth-order valence-corrected chi connectivity index (χ4v) is 4.73. The Morgan fingerprint density at radius 2 is 1.85 bits per heavy atom. The highest BCUT2D eigenvalue weighted by Crippen LogP contribution is 2.41. The molecule has 1 amide bonds. The maximum absolute atomic E-state index is 13.8. The smallest absolute Gasteiger partial charge is 0.398 e. The Balaban J connectivity index is 1.57. The number of carbonyl (C=O) groups is 1. The van der Waals surface area contributed by atoms with Gasteiger partial charge in [0.15, 0.2) is 0 Å². The van der Waals surface area contributed by atoms with Crippen LogP contribution in [-0.4, -0.2) is 43.0 Å². The lowest BCUT2D eigenvalue weighted by Crippen LogP contribution is -2.39. The van der Waals surface area contributed by atoms with E-state index in [0.29, 0.717) is 49.2 Å². The SMILES string of the molecule is CC/C=C1\C(=NC)NC(C(F)(F)F)=C1C1CCN(C(=O)c2cc3ccccc3cc2N)CC1. The van der Waals surface area contributed by atoms with Crippen molar-refractivity contribution in [1.82, 2.24) is 10.2 Å². The second kappa shape index (κ2) is 8.92. The lowest BCUT2D eigenvalue weighted by molar-refractivity contribution is -0.0956. The van der Waals surface area contributed by atoms with Gasteiger partial charge in [0.25, 0.3) is 5.91 Å². The number of rotatable bonds is 3. The van der Waals surface area contributed by atoms with Crippen molar-refractivity contribution < 1.29 is 18.0 Å². The maximum atomic E-state index is 13.8. The summed E-state index contributed by atoms with van der Waals surface area (Å²) >= 11 is 0. The number of nitrogens with two attached hydrogens (primary N) is 1. The van der Waals surface area contributed by atoms with Crippen LogP contribution in [0.4, 0.5) is 18.9 Å². The molecule has 174 valence electrons. The average Bonchev–Trinajstić information content (AvgIpc) is 3.17. The van der Waals surface area contributed by atoms with Crippen LogP contribution in [0.2, 0.25) is 0 Å². The Morgan fingerprint density at radius 3 is 2.42 bits per heavy atom. The van der Waals surface area contributed by atoms with Crippen molar-refractivity contribution in [3.05, 3.63) is 64.9 Å². The number of alkyl halides is 3. The van der Waals surface area contributed by atoms with E-state index in [9.17, 15) is 18.0 Å². The highest BCUT2D eigenvalue weighted by atomic mass is 19.4. The summed E-state index contributed by atoms with van der Waals surface area (Å²) in [6.07, 6.45) is -1.23. The fraction of sp³-hybridized carbons (Fsp3) is 0.360. The van der Waals surface area contributed by atoms with Gasteiger partial charge in [0.1, 0.15) is 11.5 Å². The first-order valence-electron chi connectivity index (χ1n) is 11.1. The monoisotopic (exact) mass is 456 g/mol. The summed E-state index contributed by atoms with van der Waals surface area (Å²) in [4.78, 5) is 18.9. The first-order valence-corrected chi connectivity index (χ1v) is 11.1. The first kappa shape index (κ1) is 22.9. The largest absolute Gasteiger partial charge is 0.431 e. The van der Waals surface area contributed by atoms with Gasteiger partial charge in [0, 0.05) is 31.4 Å². The van der Waals surface area contributed by atoms with Crippen molar-refractivity contribution in [2.45, 2.75) is 32.4 Å². The van der Waals surface area contributed by atoms with Crippen LogP contribution in [0.25, 0.3) is 10.8 Å².